The fourth-order valence-electron chi connectivity index (χ4n) is 2.52. The molecule has 0 bridgehead atoms. The Morgan fingerprint density at radius 3 is 1.73 bits per heavy atom. The van der Waals surface area contributed by atoms with E-state index in [0.29, 0.717) is 30.3 Å². The van der Waals surface area contributed by atoms with Gasteiger partial charge in [0.1, 0.15) is 0 Å². The summed E-state index contributed by atoms with van der Waals surface area (Å²) < 4.78 is 10.5. The molecule has 0 spiro atoms. The minimum Gasteiger partial charge on any atom is -0.462 e. The van der Waals surface area contributed by atoms with Gasteiger partial charge in [-0.05, 0) is 43.0 Å². The molecule has 1 aromatic carbocycles. The van der Waals surface area contributed by atoms with Crippen molar-refractivity contribution < 1.29 is 19.1 Å². The topological polar surface area (TPSA) is 52.6 Å². The molecule has 0 fully saturated rings. The summed E-state index contributed by atoms with van der Waals surface area (Å²) in [5.74, 6) is -0.194. The van der Waals surface area contributed by atoms with E-state index in [-0.39, 0.29) is 11.9 Å². The Morgan fingerprint density at radius 2 is 1.23 bits per heavy atom. The number of carbonyl (C=O) groups is 2. The number of rotatable bonds is 13. The minimum atomic E-state index is -0.353. The summed E-state index contributed by atoms with van der Waals surface area (Å²) >= 11 is 0. The van der Waals surface area contributed by atoms with Crippen molar-refractivity contribution in [2.24, 2.45) is 5.92 Å². The predicted octanol–water partition coefficient (Wildman–Crippen LogP) is 5.80. The van der Waals surface area contributed by atoms with E-state index in [1.165, 1.54) is 32.1 Å². The Labute approximate surface area is 158 Å². The SMILES string of the molecule is CCCCCCCCCOC(=O)c1ccc(C(=O)OCCC(C)C)cc1. The zero-order valence-corrected chi connectivity index (χ0v) is 16.6. The molecule has 0 aliphatic heterocycles. The number of ether oxygens (including phenoxy) is 2. The first kappa shape index (κ1) is 22.2. The largest absolute Gasteiger partial charge is 0.462 e. The third kappa shape index (κ3) is 9.59. The van der Waals surface area contributed by atoms with Crippen molar-refractivity contribution in [1.82, 2.24) is 0 Å². The molecular weight excluding hydrogens is 328 g/mol. The second-order valence-electron chi connectivity index (χ2n) is 7.15. The second-order valence-corrected chi connectivity index (χ2v) is 7.15. The summed E-state index contributed by atoms with van der Waals surface area (Å²) in [6, 6.07) is 6.46. The summed E-state index contributed by atoms with van der Waals surface area (Å²) in [6.45, 7) is 7.24. The Bertz CT molecular complexity index is 519. The van der Waals surface area contributed by atoms with E-state index < -0.39 is 0 Å². The van der Waals surface area contributed by atoms with Gasteiger partial charge < -0.3 is 9.47 Å². The van der Waals surface area contributed by atoms with Crippen LogP contribution in [0.5, 0.6) is 0 Å². The van der Waals surface area contributed by atoms with Gasteiger partial charge in [-0.2, -0.15) is 0 Å². The molecule has 0 unspecified atom stereocenters. The van der Waals surface area contributed by atoms with Gasteiger partial charge in [0.15, 0.2) is 0 Å². The van der Waals surface area contributed by atoms with Crippen LogP contribution in [-0.4, -0.2) is 25.2 Å². The van der Waals surface area contributed by atoms with Gasteiger partial charge in [0, 0.05) is 0 Å². The molecule has 1 aromatic rings. The number of unbranched alkanes of at least 4 members (excludes halogenated alkanes) is 6. The van der Waals surface area contributed by atoms with Gasteiger partial charge in [-0.1, -0.05) is 59.3 Å². The van der Waals surface area contributed by atoms with Crippen LogP contribution in [0, 0.1) is 5.92 Å². The third-order valence-corrected chi connectivity index (χ3v) is 4.27. The van der Waals surface area contributed by atoms with Crippen LogP contribution >= 0.6 is 0 Å². The zero-order valence-electron chi connectivity index (χ0n) is 16.6. The fourth-order valence-corrected chi connectivity index (χ4v) is 2.52. The van der Waals surface area contributed by atoms with Crippen LogP contribution in [-0.2, 0) is 9.47 Å². The van der Waals surface area contributed by atoms with Crippen molar-refractivity contribution >= 4 is 11.9 Å². The van der Waals surface area contributed by atoms with E-state index in [4.69, 9.17) is 9.47 Å². The van der Waals surface area contributed by atoms with Crippen molar-refractivity contribution in [3.8, 4) is 0 Å². The van der Waals surface area contributed by atoms with Crippen LogP contribution < -0.4 is 0 Å². The van der Waals surface area contributed by atoms with Gasteiger partial charge in [0.2, 0.25) is 0 Å². The van der Waals surface area contributed by atoms with Crippen molar-refractivity contribution in [1.29, 1.82) is 0 Å². The normalized spacial score (nSPS) is 10.8. The molecule has 0 N–H and O–H groups in total. The Morgan fingerprint density at radius 1 is 0.769 bits per heavy atom. The maximum atomic E-state index is 12.0. The quantitative estimate of drug-likeness (QED) is 0.329. The van der Waals surface area contributed by atoms with Gasteiger partial charge in [-0.3, -0.25) is 0 Å². The van der Waals surface area contributed by atoms with Crippen molar-refractivity contribution in [2.45, 2.75) is 72.1 Å². The molecule has 26 heavy (non-hydrogen) atoms. The van der Waals surface area contributed by atoms with E-state index >= 15 is 0 Å². The molecular formula is C22H34O4. The number of esters is 2. The summed E-state index contributed by atoms with van der Waals surface area (Å²) in [5.41, 5.74) is 0.920. The zero-order chi connectivity index (χ0) is 19.2. The maximum Gasteiger partial charge on any atom is 0.338 e. The highest BCUT2D eigenvalue weighted by atomic mass is 16.5. The minimum absolute atomic E-state index is 0.337. The molecule has 0 aromatic heterocycles. The first-order chi connectivity index (χ1) is 12.5. The van der Waals surface area contributed by atoms with Crippen LogP contribution in [0.2, 0.25) is 0 Å². The predicted molar refractivity (Wildman–Crippen MR) is 104 cm³/mol. The van der Waals surface area contributed by atoms with Gasteiger partial charge in [0.05, 0.1) is 24.3 Å². The number of hydrogen-bond acceptors (Lipinski definition) is 4. The summed E-state index contributed by atoms with van der Waals surface area (Å²) in [7, 11) is 0. The average Bonchev–Trinajstić information content (AvgIpc) is 2.63. The Kier molecular flexibility index (Phi) is 11.4. The molecule has 0 saturated heterocycles. The third-order valence-electron chi connectivity index (χ3n) is 4.27. The Hall–Kier alpha value is -1.84. The molecule has 0 aliphatic rings. The van der Waals surface area contributed by atoms with Crippen molar-refractivity contribution in [3.05, 3.63) is 35.4 Å². The molecule has 0 heterocycles. The standard InChI is InChI=1S/C22H34O4/c1-4-5-6-7-8-9-10-16-25-21(23)19-11-13-20(14-12-19)22(24)26-17-15-18(2)3/h11-14,18H,4-10,15-17H2,1-3H3. The first-order valence-electron chi connectivity index (χ1n) is 9.99. The number of benzene rings is 1. The van der Waals surface area contributed by atoms with Crippen molar-refractivity contribution in [2.75, 3.05) is 13.2 Å². The molecule has 1 rings (SSSR count). The molecule has 0 amide bonds. The molecule has 0 aliphatic carbocycles. The van der Waals surface area contributed by atoms with E-state index in [2.05, 4.69) is 20.8 Å². The highest BCUT2D eigenvalue weighted by Gasteiger charge is 2.11. The van der Waals surface area contributed by atoms with Crippen LogP contribution in [0.4, 0.5) is 0 Å². The van der Waals surface area contributed by atoms with Crippen LogP contribution in [0.15, 0.2) is 24.3 Å². The lowest BCUT2D eigenvalue weighted by Crippen LogP contribution is -2.10. The van der Waals surface area contributed by atoms with Crippen molar-refractivity contribution in [3.63, 3.8) is 0 Å². The lowest BCUT2D eigenvalue weighted by atomic mass is 10.1. The monoisotopic (exact) mass is 362 g/mol. The highest BCUT2D eigenvalue weighted by Crippen LogP contribution is 2.10. The smallest absolute Gasteiger partial charge is 0.338 e. The highest BCUT2D eigenvalue weighted by molar-refractivity contribution is 5.93. The molecule has 0 atom stereocenters. The lowest BCUT2D eigenvalue weighted by molar-refractivity contribution is 0.0477. The number of carbonyl (C=O) groups excluding carboxylic acids is 2. The molecule has 146 valence electrons. The molecule has 0 saturated carbocycles. The van der Waals surface area contributed by atoms with Gasteiger partial charge in [0.25, 0.3) is 0 Å². The summed E-state index contributed by atoms with van der Waals surface area (Å²) in [6.07, 6.45) is 9.15. The molecule has 4 heteroatoms. The summed E-state index contributed by atoms with van der Waals surface area (Å²) in [5, 5.41) is 0. The maximum absolute atomic E-state index is 12.0. The van der Waals surface area contributed by atoms with Crippen LogP contribution in [0.1, 0.15) is 92.9 Å². The first-order valence-corrected chi connectivity index (χ1v) is 9.99. The van der Waals surface area contributed by atoms with E-state index in [1.807, 2.05) is 0 Å². The Balaban J connectivity index is 2.25. The van der Waals surface area contributed by atoms with E-state index in [0.717, 1.165) is 19.3 Å². The number of hydrogen-bond donors (Lipinski definition) is 0. The average molecular weight is 363 g/mol. The summed E-state index contributed by atoms with van der Waals surface area (Å²) in [4.78, 5) is 23.9. The molecule has 0 radical (unpaired) electrons. The van der Waals surface area contributed by atoms with Crippen LogP contribution in [0.3, 0.4) is 0 Å². The second kappa shape index (κ2) is 13.4. The fraction of sp³-hybridized carbons (Fsp3) is 0.636. The lowest BCUT2D eigenvalue weighted by Gasteiger charge is -2.08. The van der Waals surface area contributed by atoms with E-state index in [9.17, 15) is 9.59 Å². The van der Waals surface area contributed by atoms with Gasteiger partial charge in [-0.25, -0.2) is 9.59 Å². The van der Waals surface area contributed by atoms with E-state index in [1.54, 1.807) is 24.3 Å². The van der Waals surface area contributed by atoms with Gasteiger partial charge >= 0.3 is 11.9 Å². The van der Waals surface area contributed by atoms with Gasteiger partial charge in [-0.15, -0.1) is 0 Å². The van der Waals surface area contributed by atoms with Crippen LogP contribution in [0.25, 0.3) is 0 Å². The molecule has 4 nitrogen and oxygen atoms in total.